The molecule has 0 bridgehead atoms. The molecular formula is C19H23NO. The third kappa shape index (κ3) is 2.96. The van der Waals surface area contributed by atoms with Crippen molar-refractivity contribution >= 4 is 5.57 Å². The molecule has 1 aliphatic rings. The monoisotopic (exact) mass is 281 g/mol. The summed E-state index contributed by atoms with van der Waals surface area (Å²) in [4.78, 5) is 2.22. The molecule has 0 saturated carbocycles. The summed E-state index contributed by atoms with van der Waals surface area (Å²) in [5.74, 6) is 2.15. The van der Waals surface area contributed by atoms with Crippen molar-refractivity contribution in [1.29, 1.82) is 0 Å². The standard InChI is InChI=1S/C19H23NO/c1-14-13-18-17(9-6-12-20(2)3)16-8-5-4-7-15(16)10-11-19(18)21-14/h4-5,7-9,13H,6,10-12H2,1-3H3/b17-9+. The van der Waals surface area contributed by atoms with E-state index in [-0.39, 0.29) is 0 Å². The van der Waals surface area contributed by atoms with E-state index in [0.717, 1.165) is 37.3 Å². The van der Waals surface area contributed by atoms with Crippen LogP contribution in [-0.4, -0.2) is 25.5 Å². The second kappa shape index (κ2) is 5.90. The Bertz CT molecular complexity index is 664. The zero-order valence-electron chi connectivity index (χ0n) is 13.1. The van der Waals surface area contributed by atoms with Gasteiger partial charge in [0.15, 0.2) is 0 Å². The summed E-state index contributed by atoms with van der Waals surface area (Å²) < 4.78 is 5.92. The van der Waals surface area contributed by atoms with Crippen LogP contribution in [0.3, 0.4) is 0 Å². The van der Waals surface area contributed by atoms with Crippen molar-refractivity contribution in [3.63, 3.8) is 0 Å². The predicted molar refractivity (Wildman–Crippen MR) is 87.5 cm³/mol. The summed E-state index contributed by atoms with van der Waals surface area (Å²) in [7, 11) is 4.24. The molecule has 0 amide bonds. The zero-order valence-corrected chi connectivity index (χ0v) is 13.1. The molecule has 1 heterocycles. The highest BCUT2D eigenvalue weighted by Gasteiger charge is 2.20. The number of rotatable bonds is 3. The molecule has 0 aliphatic heterocycles. The maximum absolute atomic E-state index is 5.92. The average Bonchev–Trinajstić information content (AvgIpc) is 2.76. The molecule has 0 fully saturated rings. The zero-order chi connectivity index (χ0) is 14.8. The van der Waals surface area contributed by atoms with E-state index >= 15 is 0 Å². The van der Waals surface area contributed by atoms with Crippen LogP contribution in [0.2, 0.25) is 0 Å². The summed E-state index contributed by atoms with van der Waals surface area (Å²) in [5, 5.41) is 0. The Labute approximate surface area is 127 Å². The largest absolute Gasteiger partial charge is 0.466 e. The van der Waals surface area contributed by atoms with Gasteiger partial charge in [0.05, 0.1) is 0 Å². The van der Waals surface area contributed by atoms with Crippen LogP contribution in [0, 0.1) is 6.92 Å². The van der Waals surface area contributed by atoms with E-state index in [0.29, 0.717) is 0 Å². The molecule has 0 spiro atoms. The van der Waals surface area contributed by atoms with Crippen molar-refractivity contribution in [2.24, 2.45) is 0 Å². The molecule has 0 radical (unpaired) electrons. The van der Waals surface area contributed by atoms with Gasteiger partial charge in [0.1, 0.15) is 11.5 Å². The van der Waals surface area contributed by atoms with E-state index in [1.54, 1.807) is 0 Å². The van der Waals surface area contributed by atoms with Crippen molar-refractivity contribution < 1.29 is 4.42 Å². The molecule has 2 heteroatoms. The highest BCUT2D eigenvalue weighted by atomic mass is 16.3. The first kappa shape index (κ1) is 14.2. The molecule has 1 aromatic carbocycles. The molecule has 0 N–H and O–H groups in total. The molecule has 1 aromatic heterocycles. The first-order chi connectivity index (χ1) is 10.1. The van der Waals surface area contributed by atoms with Gasteiger partial charge in [-0.2, -0.15) is 0 Å². The molecule has 1 aliphatic carbocycles. The van der Waals surface area contributed by atoms with Gasteiger partial charge < -0.3 is 9.32 Å². The van der Waals surface area contributed by atoms with Crippen LogP contribution in [0.25, 0.3) is 5.57 Å². The summed E-state index contributed by atoms with van der Waals surface area (Å²) in [6.45, 7) is 3.11. The van der Waals surface area contributed by atoms with Crippen molar-refractivity contribution in [3.8, 4) is 0 Å². The van der Waals surface area contributed by atoms with E-state index in [1.807, 2.05) is 6.92 Å². The number of furan rings is 1. The van der Waals surface area contributed by atoms with Crippen molar-refractivity contribution in [1.82, 2.24) is 4.90 Å². The van der Waals surface area contributed by atoms with Gasteiger partial charge in [-0.3, -0.25) is 0 Å². The minimum absolute atomic E-state index is 0.991. The minimum Gasteiger partial charge on any atom is -0.466 e. The maximum atomic E-state index is 5.92. The van der Waals surface area contributed by atoms with Crippen LogP contribution in [-0.2, 0) is 12.8 Å². The smallest absolute Gasteiger partial charge is 0.112 e. The lowest BCUT2D eigenvalue weighted by Gasteiger charge is -2.11. The van der Waals surface area contributed by atoms with E-state index < -0.39 is 0 Å². The van der Waals surface area contributed by atoms with Gasteiger partial charge in [0, 0.05) is 18.5 Å². The second-order valence-corrected chi connectivity index (χ2v) is 6.06. The summed E-state index contributed by atoms with van der Waals surface area (Å²) in [5.41, 5.74) is 5.43. The highest BCUT2D eigenvalue weighted by Crippen LogP contribution is 2.35. The Kier molecular flexibility index (Phi) is 3.98. The molecule has 2 aromatic rings. The highest BCUT2D eigenvalue weighted by molar-refractivity contribution is 5.83. The SMILES string of the molecule is Cc1cc2c(o1)CCc1ccccc1/C2=C\CCN(C)C. The van der Waals surface area contributed by atoms with Gasteiger partial charge in [0.25, 0.3) is 0 Å². The number of aryl methyl sites for hydroxylation is 3. The van der Waals surface area contributed by atoms with E-state index in [2.05, 4.69) is 55.4 Å². The van der Waals surface area contributed by atoms with Crippen LogP contribution in [0.5, 0.6) is 0 Å². The lowest BCUT2D eigenvalue weighted by Crippen LogP contribution is -2.12. The summed E-state index contributed by atoms with van der Waals surface area (Å²) in [6.07, 6.45) is 5.48. The van der Waals surface area contributed by atoms with Gasteiger partial charge >= 0.3 is 0 Å². The molecule has 0 unspecified atom stereocenters. The second-order valence-electron chi connectivity index (χ2n) is 6.06. The Morgan fingerprint density at radius 2 is 1.95 bits per heavy atom. The number of hydrogen-bond acceptors (Lipinski definition) is 2. The molecule has 0 saturated heterocycles. The Hall–Kier alpha value is -1.80. The van der Waals surface area contributed by atoms with E-state index in [4.69, 9.17) is 4.42 Å². The fourth-order valence-electron chi connectivity index (χ4n) is 3.06. The molecule has 3 rings (SSSR count). The van der Waals surface area contributed by atoms with Crippen LogP contribution in [0.4, 0.5) is 0 Å². The average molecular weight is 281 g/mol. The summed E-state index contributed by atoms with van der Waals surface area (Å²) in [6, 6.07) is 11.0. The van der Waals surface area contributed by atoms with Gasteiger partial charge in [-0.15, -0.1) is 0 Å². The number of nitrogens with zero attached hydrogens (tertiary/aromatic N) is 1. The van der Waals surface area contributed by atoms with E-state index in [1.165, 1.54) is 22.3 Å². The maximum Gasteiger partial charge on any atom is 0.112 e. The van der Waals surface area contributed by atoms with Gasteiger partial charge in [-0.05, 0) is 56.6 Å². The quantitative estimate of drug-likeness (QED) is 0.843. The van der Waals surface area contributed by atoms with Crippen molar-refractivity contribution in [2.75, 3.05) is 20.6 Å². The van der Waals surface area contributed by atoms with Gasteiger partial charge in [0.2, 0.25) is 0 Å². The van der Waals surface area contributed by atoms with Crippen LogP contribution < -0.4 is 0 Å². The molecular weight excluding hydrogens is 258 g/mol. The van der Waals surface area contributed by atoms with Crippen molar-refractivity contribution in [2.45, 2.75) is 26.2 Å². The lowest BCUT2D eigenvalue weighted by molar-refractivity contribution is 0.417. The first-order valence-electron chi connectivity index (χ1n) is 7.68. The van der Waals surface area contributed by atoms with Gasteiger partial charge in [-0.25, -0.2) is 0 Å². The number of hydrogen-bond donors (Lipinski definition) is 0. The normalized spacial score (nSPS) is 15.9. The Balaban J connectivity index is 2.06. The fraction of sp³-hybridized carbons (Fsp3) is 0.368. The van der Waals surface area contributed by atoms with Crippen LogP contribution in [0.1, 0.15) is 34.6 Å². The summed E-state index contributed by atoms with van der Waals surface area (Å²) >= 11 is 0. The molecule has 21 heavy (non-hydrogen) atoms. The molecule has 2 nitrogen and oxygen atoms in total. The molecule has 0 atom stereocenters. The predicted octanol–water partition coefficient (Wildman–Crippen LogP) is 4.07. The first-order valence-corrected chi connectivity index (χ1v) is 7.68. The minimum atomic E-state index is 0.991. The Morgan fingerprint density at radius 1 is 1.14 bits per heavy atom. The van der Waals surface area contributed by atoms with E-state index in [9.17, 15) is 0 Å². The topological polar surface area (TPSA) is 16.4 Å². The lowest BCUT2D eigenvalue weighted by atomic mass is 9.95. The number of fused-ring (bicyclic) bond motifs is 2. The van der Waals surface area contributed by atoms with Crippen molar-refractivity contribution in [3.05, 3.63) is 64.6 Å². The Morgan fingerprint density at radius 3 is 2.76 bits per heavy atom. The third-order valence-corrected chi connectivity index (χ3v) is 4.08. The molecule has 110 valence electrons. The third-order valence-electron chi connectivity index (χ3n) is 4.08. The fourth-order valence-corrected chi connectivity index (χ4v) is 3.06. The number of benzene rings is 1. The van der Waals surface area contributed by atoms with Crippen LogP contribution >= 0.6 is 0 Å². The van der Waals surface area contributed by atoms with Gasteiger partial charge in [-0.1, -0.05) is 30.3 Å². The van der Waals surface area contributed by atoms with Crippen LogP contribution in [0.15, 0.2) is 40.8 Å².